The van der Waals surface area contributed by atoms with E-state index in [1.807, 2.05) is 0 Å². The maximum atomic E-state index is 12.9. The van der Waals surface area contributed by atoms with E-state index < -0.39 is 29.5 Å². The van der Waals surface area contributed by atoms with Crippen LogP contribution in [-0.2, 0) is 0 Å². The molecule has 2 N–H and O–H groups in total. The summed E-state index contributed by atoms with van der Waals surface area (Å²) in [5.41, 5.74) is 3.69. The molecule has 1 amide bonds. The Morgan fingerprint density at radius 3 is 2.57 bits per heavy atom. The number of aryl methyl sites for hydroxylation is 1. The number of carbonyl (C=O) groups excluding carboxylic acids is 1. The lowest BCUT2D eigenvalue weighted by Crippen LogP contribution is -2.15. The molecule has 1 aromatic heterocycles. The summed E-state index contributed by atoms with van der Waals surface area (Å²) in [6.45, 7) is 1.31. The monoisotopic (exact) mass is 204 g/mol. The van der Waals surface area contributed by atoms with Crippen LogP contribution in [0.25, 0.3) is 0 Å². The van der Waals surface area contributed by atoms with Crippen molar-refractivity contribution >= 4 is 5.91 Å². The van der Waals surface area contributed by atoms with E-state index >= 15 is 0 Å². The van der Waals surface area contributed by atoms with Crippen LogP contribution in [0.15, 0.2) is 6.07 Å². The Labute approximate surface area is 77.7 Å². The topological polar surface area (TPSA) is 56.0 Å². The fourth-order valence-corrected chi connectivity index (χ4v) is 0.998. The highest BCUT2D eigenvalue weighted by Crippen LogP contribution is 2.21. The third-order valence-electron chi connectivity index (χ3n) is 1.68. The molecule has 76 valence electrons. The van der Waals surface area contributed by atoms with Gasteiger partial charge in [0.2, 0.25) is 5.95 Å². The van der Waals surface area contributed by atoms with E-state index in [0.29, 0.717) is 0 Å². The zero-order chi connectivity index (χ0) is 10.9. The van der Waals surface area contributed by atoms with Crippen molar-refractivity contribution < 1.29 is 18.0 Å². The number of nitrogens with zero attached hydrogens (tertiary/aromatic N) is 1. The maximum absolute atomic E-state index is 12.9. The minimum atomic E-state index is -2.87. The van der Waals surface area contributed by atoms with Gasteiger partial charge in [0.15, 0.2) is 0 Å². The third kappa shape index (κ3) is 1.84. The van der Waals surface area contributed by atoms with Crippen molar-refractivity contribution in [3.05, 3.63) is 28.8 Å². The molecule has 0 aliphatic heterocycles. The minimum absolute atomic E-state index is 0.0372. The van der Waals surface area contributed by atoms with E-state index in [9.17, 15) is 18.0 Å². The van der Waals surface area contributed by atoms with E-state index in [1.54, 1.807) is 0 Å². The largest absolute Gasteiger partial charge is 0.365 e. The Bertz CT molecular complexity index is 379. The summed E-state index contributed by atoms with van der Waals surface area (Å²) in [6.07, 6.45) is -2.87. The van der Waals surface area contributed by atoms with Gasteiger partial charge in [0.25, 0.3) is 12.3 Å². The normalized spacial score (nSPS) is 10.6. The number of rotatable bonds is 2. The van der Waals surface area contributed by atoms with Crippen molar-refractivity contribution in [3.8, 4) is 0 Å². The smallest absolute Gasteiger partial charge is 0.280 e. The Kier molecular flexibility index (Phi) is 2.73. The molecule has 3 nitrogen and oxygen atoms in total. The van der Waals surface area contributed by atoms with Crippen molar-refractivity contribution in [3.63, 3.8) is 0 Å². The van der Waals surface area contributed by atoms with Crippen molar-refractivity contribution in [2.75, 3.05) is 0 Å². The van der Waals surface area contributed by atoms with Gasteiger partial charge in [0, 0.05) is 0 Å². The minimum Gasteiger partial charge on any atom is -0.365 e. The van der Waals surface area contributed by atoms with Crippen LogP contribution in [0.4, 0.5) is 13.2 Å². The van der Waals surface area contributed by atoms with Crippen LogP contribution in [-0.4, -0.2) is 10.9 Å². The second-order valence-electron chi connectivity index (χ2n) is 2.69. The van der Waals surface area contributed by atoms with E-state index in [-0.39, 0.29) is 5.56 Å². The quantitative estimate of drug-likeness (QED) is 0.743. The number of halogens is 3. The molecule has 1 aromatic rings. The predicted molar refractivity (Wildman–Crippen MR) is 42.4 cm³/mol. The van der Waals surface area contributed by atoms with Gasteiger partial charge in [-0.15, -0.1) is 0 Å². The molecule has 1 rings (SSSR count). The number of pyridine rings is 1. The molecule has 0 aromatic carbocycles. The van der Waals surface area contributed by atoms with Crippen LogP contribution >= 0.6 is 0 Å². The summed E-state index contributed by atoms with van der Waals surface area (Å²) in [5, 5.41) is 0. The lowest BCUT2D eigenvalue weighted by atomic mass is 10.1. The molecule has 0 aliphatic rings. The first-order valence-corrected chi connectivity index (χ1v) is 3.68. The number of aromatic nitrogens is 1. The van der Waals surface area contributed by atoms with E-state index in [4.69, 9.17) is 5.73 Å². The summed E-state index contributed by atoms with van der Waals surface area (Å²) in [5.74, 6) is -2.29. The molecule has 0 saturated heterocycles. The highest BCUT2D eigenvalue weighted by molar-refractivity contribution is 5.92. The van der Waals surface area contributed by atoms with E-state index in [1.165, 1.54) is 6.92 Å². The molecule has 0 radical (unpaired) electrons. The summed E-state index contributed by atoms with van der Waals surface area (Å²) in [6, 6.07) is 0.964. The van der Waals surface area contributed by atoms with Gasteiger partial charge in [-0.3, -0.25) is 4.79 Å². The van der Waals surface area contributed by atoms with Crippen LogP contribution in [0, 0.1) is 12.9 Å². The average molecular weight is 204 g/mol. The van der Waals surface area contributed by atoms with Gasteiger partial charge in [-0.1, -0.05) is 0 Å². The number of nitrogens with two attached hydrogens (primary N) is 1. The number of hydrogen-bond donors (Lipinski definition) is 1. The molecule has 6 heteroatoms. The number of alkyl halides is 2. The molecular weight excluding hydrogens is 197 g/mol. The van der Waals surface area contributed by atoms with Gasteiger partial charge in [0.1, 0.15) is 5.69 Å². The molecule has 14 heavy (non-hydrogen) atoms. The molecule has 0 saturated carbocycles. The first kappa shape index (κ1) is 10.5. The summed E-state index contributed by atoms with van der Waals surface area (Å²) < 4.78 is 37.3. The van der Waals surface area contributed by atoms with E-state index in [2.05, 4.69) is 4.98 Å². The van der Waals surface area contributed by atoms with Crippen molar-refractivity contribution in [2.45, 2.75) is 13.3 Å². The van der Waals surface area contributed by atoms with Crippen LogP contribution in [0.1, 0.15) is 28.0 Å². The van der Waals surface area contributed by atoms with E-state index in [0.717, 1.165) is 6.07 Å². The zero-order valence-corrected chi connectivity index (χ0v) is 7.22. The van der Waals surface area contributed by atoms with Gasteiger partial charge in [0.05, 0.1) is 5.56 Å². The van der Waals surface area contributed by atoms with Gasteiger partial charge < -0.3 is 5.73 Å². The van der Waals surface area contributed by atoms with Gasteiger partial charge in [-0.05, 0) is 18.6 Å². The standard InChI is InChI=1S/C8H7F3N2O/c1-3-2-4(8(12)14)7(11)13-5(3)6(9)10/h2,6H,1H3,(H2,12,14). The molecule has 0 atom stereocenters. The Balaban J connectivity index is 3.31. The molecule has 1 heterocycles. The number of amides is 1. The predicted octanol–water partition coefficient (Wildman–Crippen LogP) is 1.57. The van der Waals surface area contributed by atoms with Gasteiger partial charge in [-0.2, -0.15) is 4.39 Å². The lowest BCUT2D eigenvalue weighted by molar-refractivity contribution is 0.0993. The van der Waals surface area contributed by atoms with Crippen LogP contribution in [0.2, 0.25) is 0 Å². The molecule has 0 aliphatic carbocycles. The van der Waals surface area contributed by atoms with Crippen molar-refractivity contribution in [1.29, 1.82) is 0 Å². The average Bonchev–Trinajstić information content (AvgIpc) is 2.07. The van der Waals surface area contributed by atoms with Gasteiger partial charge >= 0.3 is 0 Å². The molecule has 0 spiro atoms. The van der Waals surface area contributed by atoms with Crippen LogP contribution < -0.4 is 5.73 Å². The molecule has 0 fully saturated rings. The summed E-state index contributed by atoms with van der Waals surface area (Å²) in [4.78, 5) is 13.6. The Morgan fingerprint density at radius 2 is 2.14 bits per heavy atom. The van der Waals surface area contributed by atoms with Gasteiger partial charge in [-0.25, -0.2) is 13.8 Å². The number of carbonyl (C=O) groups is 1. The fraction of sp³-hybridized carbons (Fsp3) is 0.250. The van der Waals surface area contributed by atoms with Crippen LogP contribution in [0.3, 0.4) is 0 Å². The fourth-order valence-electron chi connectivity index (χ4n) is 0.998. The molecule has 0 bridgehead atoms. The second-order valence-corrected chi connectivity index (χ2v) is 2.69. The third-order valence-corrected chi connectivity index (χ3v) is 1.68. The van der Waals surface area contributed by atoms with Crippen LogP contribution in [0.5, 0.6) is 0 Å². The second kappa shape index (κ2) is 3.65. The first-order chi connectivity index (χ1) is 6.43. The highest BCUT2D eigenvalue weighted by Gasteiger charge is 2.18. The Hall–Kier alpha value is -1.59. The molecule has 0 unspecified atom stereocenters. The SMILES string of the molecule is Cc1cc(C(N)=O)c(F)nc1C(F)F. The molecular formula is C8H7F3N2O. The van der Waals surface area contributed by atoms with Crippen molar-refractivity contribution in [1.82, 2.24) is 4.98 Å². The maximum Gasteiger partial charge on any atom is 0.280 e. The van der Waals surface area contributed by atoms with Crippen molar-refractivity contribution in [2.24, 2.45) is 5.73 Å². The first-order valence-electron chi connectivity index (χ1n) is 3.68. The lowest BCUT2D eigenvalue weighted by Gasteiger charge is -2.05. The summed E-state index contributed by atoms with van der Waals surface area (Å²) >= 11 is 0. The number of primary amides is 1. The summed E-state index contributed by atoms with van der Waals surface area (Å²) in [7, 11) is 0. The highest BCUT2D eigenvalue weighted by atomic mass is 19.3. The number of hydrogen-bond acceptors (Lipinski definition) is 2. The zero-order valence-electron chi connectivity index (χ0n) is 7.22. The Morgan fingerprint density at radius 1 is 1.57 bits per heavy atom.